The largest absolute Gasteiger partial charge is 0.507 e. The lowest BCUT2D eigenvalue weighted by atomic mass is 10.0. The average Bonchev–Trinajstić information content (AvgIpc) is 3.03. The number of aliphatic hydroxyl groups excluding tert-OH is 2. The first-order valence-corrected chi connectivity index (χ1v) is 14.6. The van der Waals surface area contributed by atoms with Gasteiger partial charge in [0, 0.05) is 67.7 Å². The van der Waals surface area contributed by atoms with E-state index in [0.29, 0.717) is 49.0 Å². The summed E-state index contributed by atoms with van der Waals surface area (Å²) < 4.78 is 24.7. The number of aromatic nitrogens is 1. The quantitative estimate of drug-likeness (QED) is 0.138. The standard InChI is InChI=1S/C33H34FN3O9/c1-4-45-32(43)29(40)16-27(38)22-14-23-26(15-25(22)36-12-10-35(3)11-13-36)37(18-20-6-8-21(34)9-7-20)19-24(31(23)42)28(39)17-30(41)33(44)46-5-2/h6-9,14-17,19,38-39H,4-5,10-13,18H2,1-3H3/b27-16-,28-17-. The number of ketones is 2. The predicted molar refractivity (Wildman–Crippen MR) is 168 cm³/mol. The highest BCUT2D eigenvalue weighted by Crippen LogP contribution is 2.32. The number of likely N-dealkylation sites (N-methyl/N-ethyl adjacent to an activating group) is 1. The van der Waals surface area contributed by atoms with E-state index in [1.807, 2.05) is 11.9 Å². The van der Waals surface area contributed by atoms with Crippen LogP contribution in [0, 0.1) is 5.82 Å². The van der Waals surface area contributed by atoms with Crippen LogP contribution < -0.4 is 10.3 Å². The van der Waals surface area contributed by atoms with Crippen LogP contribution in [0.3, 0.4) is 0 Å². The molecule has 1 saturated heterocycles. The molecule has 0 bridgehead atoms. The third-order valence-electron chi connectivity index (χ3n) is 7.35. The Morgan fingerprint density at radius 3 is 1.93 bits per heavy atom. The molecule has 0 spiro atoms. The number of nitrogens with zero attached hydrogens (tertiary/aromatic N) is 3. The van der Waals surface area contributed by atoms with Gasteiger partial charge in [0.05, 0.1) is 24.3 Å². The summed E-state index contributed by atoms with van der Waals surface area (Å²) in [7, 11) is 1.96. The van der Waals surface area contributed by atoms with Crippen molar-refractivity contribution in [3.05, 3.63) is 87.5 Å². The predicted octanol–water partition coefficient (Wildman–Crippen LogP) is 3.00. The number of ether oxygens (including phenoxy) is 2. The molecule has 2 N–H and O–H groups in total. The number of fused-ring (bicyclic) bond motifs is 1. The van der Waals surface area contributed by atoms with Gasteiger partial charge >= 0.3 is 11.9 Å². The molecule has 3 aromatic rings. The number of anilines is 1. The van der Waals surface area contributed by atoms with Crippen LogP contribution >= 0.6 is 0 Å². The number of rotatable bonds is 11. The molecule has 2 heterocycles. The fraction of sp³-hybridized carbons (Fsp3) is 0.303. The summed E-state index contributed by atoms with van der Waals surface area (Å²) in [5.74, 6) is -6.53. The van der Waals surface area contributed by atoms with E-state index in [0.717, 1.165) is 6.08 Å². The highest BCUT2D eigenvalue weighted by molar-refractivity contribution is 6.39. The number of hydrogen-bond acceptors (Lipinski definition) is 11. The maximum absolute atomic E-state index is 13.9. The molecule has 242 valence electrons. The van der Waals surface area contributed by atoms with Gasteiger partial charge in [-0.2, -0.15) is 0 Å². The second-order valence-electron chi connectivity index (χ2n) is 10.5. The first-order chi connectivity index (χ1) is 21.9. The average molecular weight is 636 g/mol. The first-order valence-electron chi connectivity index (χ1n) is 14.6. The number of piperazine rings is 1. The van der Waals surface area contributed by atoms with Crippen molar-refractivity contribution in [1.82, 2.24) is 9.47 Å². The van der Waals surface area contributed by atoms with Gasteiger partial charge < -0.3 is 34.1 Å². The molecule has 46 heavy (non-hydrogen) atoms. The van der Waals surface area contributed by atoms with E-state index < -0.39 is 46.3 Å². The maximum Gasteiger partial charge on any atom is 0.379 e. The SMILES string of the molecule is CCOC(=O)C(=O)/C=C(\O)c1cc2c(=O)c(/C(O)=C/C(=O)C(=O)OCC)cn(Cc3ccc(F)cc3)c2cc1N1CCN(C)CC1. The molecule has 0 unspecified atom stereocenters. The van der Waals surface area contributed by atoms with Gasteiger partial charge in [0.1, 0.15) is 17.3 Å². The summed E-state index contributed by atoms with van der Waals surface area (Å²) in [6.45, 7) is 5.43. The van der Waals surface area contributed by atoms with Crippen LogP contribution in [0.15, 0.2) is 59.5 Å². The lowest BCUT2D eigenvalue weighted by Gasteiger charge is -2.35. The normalized spacial score (nSPS) is 14.3. The van der Waals surface area contributed by atoms with E-state index in [-0.39, 0.29) is 36.3 Å². The minimum atomic E-state index is -1.22. The van der Waals surface area contributed by atoms with Gasteiger partial charge in [0.25, 0.3) is 11.6 Å². The van der Waals surface area contributed by atoms with E-state index >= 15 is 0 Å². The maximum atomic E-state index is 13.9. The Morgan fingerprint density at radius 2 is 1.39 bits per heavy atom. The van der Waals surface area contributed by atoms with Gasteiger partial charge in [-0.1, -0.05) is 12.1 Å². The second-order valence-corrected chi connectivity index (χ2v) is 10.5. The molecule has 0 atom stereocenters. The zero-order valence-corrected chi connectivity index (χ0v) is 25.6. The monoisotopic (exact) mass is 635 g/mol. The third-order valence-corrected chi connectivity index (χ3v) is 7.35. The fourth-order valence-electron chi connectivity index (χ4n) is 4.97. The summed E-state index contributed by atoms with van der Waals surface area (Å²) in [6, 6.07) is 8.62. The molecule has 0 saturated carbocycles. The lowest BCUT2D eigenvalue weighted by Crippen LogP contribution is -2.44. The molecule has 4 rings (SSSR count). The van der Waals surface area contributed by atoms with Gasteiger partial charge in [-0.15, -0.1) is 0 Å². The van der Waals surface area contributed by atoms with E-state index in [1.165, 1.54) is 38.2 Å². The summed E-state index contributed by atoms with van der Waals surface area (Å²) in [5, 5.41) is 22.0. The Balaban J connectivity index is 1.98. The van der Waals surface area contributed by atoms with Crippen molar-refractivity contribution in [2.45, 2.75) is 20.4 Å². The Labute approximate surface area is 263 Å². The number of esters is 2. The van der Waals surface area contributed by atoms with Gasteiger partial charge in [-0.25, -0.2) is 14.0 Å². The summed E-state index contributed by atoms with van der Waals surface area (Å²) in [6.07, 6.45) is 2.61. The highest BCUT2D eigenvalue weighted by Gasteiger charge is 2.24. The van der Waals surface area contributed by atoms with Crippen molar-refractivity contribution >= 4 is 51.6 Å². The van der Waals surface area contributed by atoms with Gasteiger partial charge in [-0.05, 0) is 50.7 Å². The Bertz CT molecular complexity index is 1790. The number of benzene rings is 2. The van der Waals surface area contributed by atoms with Crippen LogP contribution in [0.4, 0.5) is 10.1 Å². The third kappa shape index (κ3) is 7.67. The number of pyridine rings is 1. The molecular weight excluding hydrogens is 601 g/mol. The second kappa shape index (κ2) is 14.7. The zero-order valence-electron chi connectivity index (χ0n) is 25.6. The van der Waals surface area contributed by atoms with Crippen LogP contribution in [-0.2, 0) is 35.2 Å². The molecule has 0 aliphatic carbocycles. The highest BCUT2D eigenvalue weighted by atomic mass is 19.1. The van der Waals surface area contributed by atoms with E-state index in [2.05, 4.69) is 9.64 Å². The molecule has 2 aromatic carbocycles. The van der Waals surface area contributed by atoms with E-state index in [4.69, 9.17) is 4.74 Å². The van der Waals surface area contributed by atoms with E-state index in [9.17, 15) is 38.6 Å². The topological polar surface area (TPSA) is 156 Å². The number of halogens is 1. The van der Waals surface area contributed by atoms with Gasteiger partial charge in [0.15, 0.2) is 5.43 Å². The van der Waals surface area contributed by atoms with Crippen LogP contribution in [0.5, 0.6) is 0 Å². The van der Waals surface area contributed by atoms with Crippen molar-refractivity contribution in [3.8, 4) is 0 Å². The van der Waals surface area contributed by atoms with Crippen LogP contribution in [-0.4, -0.2) is 89.6 Å². The van der Waals surface area contributed by atoms with E-state index in [1.54, 1.807) is 22.8 Å². The molecule has 1 aliphatic rings. The number of hydrogen-bond donors (Lipinski definition) is 2. The number of aliphatic hydroxyl groups is 2. The molecule has 12 nitrogen and oxygen atoms in total. The fourth-order valence-corrected chi connectivity index (χ4v) is 4.97. The Kier molecular flexibility index (Phi) is 10.7. The van der Waals surface area contributed by atoms with Crippen molar-refractivity contribution in [1.29, 1.82) is 0 Å². The van der Waals surface area contributed by atoms with Crippen molar-refractivity contribution in [3.63, 3.8) is 0 Å². The molecule has 1 aromatic heterocycles. The van der Waals surface area contributed by atoms with Crippen molar-refractivity contribution in [2.75, 3.05) is 51.3 Å². The van der Waals surface area contributed by atoms with Gasteiger partial charge in [0.2, 0.25) is 0 Å². The summed E-state index contributed by atoms with van der Waals surface area (Å²) in [5.41, 5.74) is 0.399. The van der Waals surface area contributed by atoms with Crippen LogP contribution in [0.25, 0.3) is 22.4 Å². The molecule has 1 aliphatic heterocycles. The van der Waals surface area contributed by atoms with Crippen LogP contribution in [0.2, 0.25) is 0 Å². The number of carbonyl (C=O) groups is 4. The summed E-state index contributed by atoms with van der Waals surface area (Å²) in [4.78, 5) is 66.6. The Hall–Kier alpha value is -5.30. The lowest BCUT2D eigenvalue weighted by molar-refractivity contribution is -0.151. The molecule has 0 radical (unpaired) electrons. The molecule has 1 fully saturated rings. The minimum absolute atomic E-state index is 0.0282. The van der Waals surface area contributed by atoms with Crippen LogP contribution in [0.1, 0.15) is 30.5 Å². The van der Waals surface area contributed by atoms with Crippen molar-refractivity contribution in [2.24, 2.45) is 0 Å². The summed E-state index contributed by atoms with van der Waals surface area (Å²) >= 11 is 0. The number of carbonyl (C=O) groups excluding carboxylic acids is 4. The molecule has 13 heteroatoms. The zero-order chi connectivity index (χ0) is 33.5. The minimum Gasteiger partial charge on any atom is -0.507 e. The van der Waals surface area contributed by atoms with Crippen molar-refractivity contribution < 1.29 is 43.3 Å². The van der Waals surface area contributed by atoms with Gasteiger partial charge in [-0.3, -0.25) is 14.4 Å². The first kappa shape index (κ1) is 33.6. The molecule has 0 amide bonds. The Morgan fingerprint density at radius 1 is 0.848 bits per heavy atom. The smallest absolute Gasteiger partial charge is 0.379 e. The molecular formula is C33H34FN3O9.